The summed E-state index contributed by atoms with van der Waals surface area (Å²) in [6, 6.07) is 10.2. The lowest BCUT2D eigenvalue weighted by Crippen LogP contribution is -2.15. The van der Waals surface area contributed by atoms with E-state index in [0.717, 1.165) is 11.8 Å². The van der Waals surface area contributed by atoms with Crippen molar-refractivity contribution in [3.05, 3.63) is 51.9 Å². The predicted molar refractivity (Wildman–Crippen MR) is 110 cm³/mol. The van der Waals surface area contributed by atoms with Crippen LogP contribution in [0.15, 0.2) is 50.9 Å². The third-order valence-electron chi connectivity index (χ3n) is 4.07. The summed E-state index contributed by atoms with van der Waals surface area (Å²) in [6.07, 6.45) is 1.50. The highest BCUT2D eigenvalue weighted by Crippen LogP contribution is 2.36. The molecule has 8 nitrogen and oxygen atoms in total. The highest BCUT2D eigenvalue weighted by Gasteiger charge is 2.19. The first-order valence-corrected chi connectivity index (χ1v) is 9.93. The van der Waals surface area contributed by atoms with Gasteiger partial charge in [-0.15, -0.1) is 10.2 Å². The van der Waals surface area contributed by atoms with Crippen LogP contribution in [-0.4, -0.2) is 41.6 Å². The number of hydrogen-bond acceptors (Lipinski definition) is 8. The number of thioether (sulfide) groups is 1. The van der Waals surface area contributed by atoms with Crippen LogP contribution in [0, 0.1) is 0 Å². The zero-order chi connectivity index (χ0) is 21.1. The number of carboxylic acid groups (broad SMARTS) is 1. The molecule has 1 aliphatic heterocycles. The van der Waals surface area contributed by atoms with Crippen molar-refractivity contribution in [2.75, 3.05) is 20.3 Å². The van der Waals surface area contributed by atoms with Crippen LogP contribution in [0.4, 0.5) is 0 Å². The first-order valence-electron chi connectivity index (χ1n) is 8.73. The molecule has 0 spiro atoms. The van der Waals surface area contributed by atoms with Crippen LogP contribution in [0.2, 0.25) is 5.02 Å². The van der Waals surface area contributed by atoms with E-state index in [0.29, 0.717) is 46.6 Å². The number of hydrogen-bond donors (Lipinski definition) is 1. The average molecular weight is 447 g/mol. The van der Waals surface area contributed by atoms with Gasteiger partial charge in [-0.05, 0) is 53.7 Å². The van der Waals surface area contributed by atoms with Crippen LogP contribution in [-0.2, 0) is 4.79 Å². The van der Waals surface area contributed by atoms with E-state index in [-0.39, 0.29) is 16.0 Å². The first kappa shape index (κ1) is 20.1. The number of ether oxygens (including phenoxy) is 3. The summed E-state index contributed by atoms with van der Waals surface area (Å²) < 4.78 is 21.9. The molecule has 0 saturated carbocycles. The number of aromatic nitrogens is 2. The van der Waals surface area contributed by atoms with Crippen molar-refractivity contribution < 1.29 is 28.5 Å². The Kier molecular flexibility index (Phi) is 5.82. The van der Waals surface area contributed by atoms with Crippen molar-refractivity contribution >= 4 is 35.4 Å². The van der Waals surface area contributed by atoms with Gasteiger partial charge in [-0.3, -0.25) is 0 Å². The molecular formula is C20H15ClN2O6S. The van der Waals surface area contributed by atoms with Crippen LogP contribution >= 0.6 is 23.4 Å². The van der Waals surface area contributed by atoms with Gasteiger partial charge in [-0.1, -0.05) is 17.7 Å². The molecule has 0 amide bonds. The molecule has 1 aliphatic rings. The van der Waals surface area contributed by atoms with Crippen molar-refractivity contribution in [1.82, 2.24) is 10.2 Å². The number of fused-ring (bicyclic) bond motifs is 1. The van der Waals surface area contributed by atoms with Crippen molar-refractivity contribution in [2.45, 2.75) is 5.22 Å². The number of halogens is 1. The van der Waals surface area contributed by atoms with Crippen LogP contribution in [0.1, 0.15) is 5.56 Å². The molecule has 2 aromatic carbocycles. The molecule has 0 bridgehead atoms. The average Bonchev–Trinajstić information content (AvgIpc) is 3.21. The molecule has 154 valence electrons. The standard InChI is InChI=1S/C20H15ClN2O6S/c1-26-14-5-3-12(21)10-13(14)18-22-23-20(29-18)30-17(19(24)25)9-11-2-4-15-16(8-11)28-7-6-27-15/h2-5,8-10H,6-7H2,1H3,(H,24,25)/b17-9-. The molecular weight excluding hydrogens is 432 g/mol. The van der Waals surface area contributed by atoms with Crippen LogP contribution in [0.3, 0.4) is 0 Å². The van der Waals surface area contributed by atoms with Gasteiger partial charge in [-0.25, -0.2) is 4.79 Å². The largest absolute Gasteiger partial charge is 0.496 e. The minimum Gasteiger partial charge on any atom is -0.496 e. The summed E-state index contributed by atoms with van der Waals surface area (Å²) in [5, 5.41) is 18.1. The maximum absolute atomic E-state index is 11.7. The Hall–Kier alpha value is -3.17. The first-order chi connectivity index (χ1) is 14.5. The minimum atomic E-state index is -1.13. The summed E-state index contributed by atoms with van der Waals surface area (Å²) in [4.78, 5) is 11.7. The molecule has 0 fully saturated rings. The second-order valence-electron chi connectivity index (χ2n) is 6.04. The number of carbonyl (C=O) groups is 1. The Morgan fingerprint density at radius 2 is 1.97 bits per heavy atom. The number of methoxy groups -OCH3 is 1. The van der Waals surface area contributed by atoms with Gasteiger partial charge in [0.05, 0.1) is 12.7 Å². The zero-order valence-corrected chi connectivity index (χ0v) is 17.2. The lowest BCUT2D eigenvalue weighted by atomic mass is 10.2. The van der Waals surface area contributed by atoms with Crippen LogP contribution in [0.5, 0.6) is 17.2 Å². The zero-order valence-electron chi connectivity index (χ0n) is 15.6. The molecule has 0 atom stereocenters. The summed E-state index contributed by atoms with van der Waals surface area (Å²) in [5.41, 5.74) is 1.15. The summed E-state index contributed by atoms with van der Waals surface area (Å²) in [5.74, 6) is 0.735. The van der Waals surface area contributed by atoms with E-state index in [1.54, 1.807) is 36.4 Å². The van der Waals surface area contributed by atoms with E-state index in [9.17, 15) is 9.90 Å². The van der Waals surface area contributed by atoms with Crippen molar-refractivity contribution in [2.24, 2.45) is 0 Å². The highest BCUT2D eigenvalue weighted by molar-refractivity contribution is 8.03. The van der Waals surface area contributed by atoms with Gasteiger partial charge in [0, 0.05) is 5.02 Å². The Balaban J connectivity index is 1.60. The molecule has 0 radical (unpaired) electrons. The predicted octanol–water partition coefficient (Wildman–Crippen LogP) is 4.39. The molecule has 0 saturated heterocycles. The van der Waals surface area contributed by atoms with E-state index >= 15 is 0 Å². The SMILES string of the molecule is COc1ccc(Cl)cc1-c1nnc(S/C(=C\c2ccc3c(c2)OCCO3)C(=O)O)o1. The van der Waals surface area contributed by atoms with Crippen molar-refractivity contribution in [3.8, 4) is 28.7 Å². The van der Waals surface area contributed by atoms with E-state index < -0.39 is 5.97 Å². The lowest BCUT2D eigenvalue weighted by molar-refractivity contribution is -0.131. The Morgan fingerprint density at radius 3 is 2.73 bits per heavy atom. The fraction of sp³-hybridized carbons (Fsp3) is 0.150. The molecule has 30 heavy (non-hydrogen) atoms. The monoisotopic (exact) mass is 446 g/mol. The van der Waals surface area contributed by atoms with Gasteiger partial charge in [0.2, 0.25) is 0 Å². The molecule has 10 heteroatoms. The van der Waals surface area contributed by atoms with Crippen molar-refractivity contribution in [1.29, 1.82) is 0 Å². The van der Waals surface area contributed by atoms with E-state index in [1.165, 1.54) is 13.2 Å². The molecule has 4 rings (SSSR count). The van der Waals surface area contributed by atoms with Gasteiger partial charge < -0.3 is 23.7 Å². The van der Waals surface area contributed by atoms with Crippen LogP contribution in [0.25, 0.3) is 17.5 Å². The second-order valence-corrected chi connectivity index (χ2v) is 7.47. The summed E-state index contributed by atoms with van der Waals surface area (Å²) in [6.45, 7) is 0.924. The normalized spacial score (nSPS) is 13.2. The number of aliphatic carboxylic acids is 1. The third-order valence-corrected chi connectivity index (χ3v) is 5.16. The second kappa shape index (κ2) is 8.68. The van der Waals surface area contributed by atoms with E-state index in [4.69, 9.17) is 30.2 Å². The van der Waals surface area contributed by atoms with Crippen LogP contribution < -0.4 is 14.2 Å². The molecule has 2 heterocycles. The van der Waals surface area contributed by atoms with Gasteiger partial charge in [0.1, 0.15) is 23.9 Å². The maximum atomic E-state index is 11.7. The van der Waals surface area contributed by atoms with E-state index in [2.05, 4.69) is 10.2 Å². The maximum Gasteiger partial charge on any atom is 0.342 e. The van der Waals surface area contributed by atoms with Crippen molar-refractivity contribution in [3.63, 3.8) is 0 Å². The van der Waals surface area contributed by atoms with Gasteiger partial charge >= 0.3 is 5.97 Å². The fourth-order valence-corrected chi connectivity index (χ4v) is 3.58. The molecule has 0 unspecified atom stereocenters. The van der Waals surface area contributed by atoms with E-state index in [1.807, 2.05) is 0 Å². The summed E-state index contributed by atoms with van der Waals surface area (Å²) >= 11 is 6.88. The van der Waals surface area contributed by atoms with Gasteiger partial charge in [-0.2, -0.15) is 0 Å². The number of benzene rings is 2. The third kappa shape index (κ3) is 4.37. The Bertz CT molecular complexity index is 1130. The fourth-order valence-electron chi connectivity index (χ4n) is 2.74. The topological polar surface area (TPSA) is 104 Å². The number of rotatable bonds is 6. The quantitative estimate of drug-likeness (QED) is 0.436. The minimum absolute atomic E-state index is 0.0000584. The Morgan fingerprint density at radius 1 is 1.17 bits per heavy atom. The number of nitrogens with zero attached hydrogens (tertiary/aromatic N) is 2. The Labute approximate surface area is 180 Å². The number of carboxylic acids is 1. The van der Waals surface area contributed by atoms with Gasteiger partial charge in [0.15, 0.2) is 11.5 Å². The molecule has 1 aromatic heterocycles. The molecule has 1 N–H and O–H groups in total. The highest BCUT2D eigenvalue weighted by atomic mass is 35.5. The molecule has 3 aromatic rings. The lowest BCUT2D eigenvalue weighted by Gasteiger charge is -2.18. The van der Waals surface area contributed by atoms with Gasteiger partial charge in [0.25, 0.3) is 11.1 Å². The summed E-state index contributed by atoms with van der Waals surface area (Å²) in [7, 11) is 1.51. The smallest absolute Gasteiger partial charge is 0.342 e. The molecule has 0 aliphatic carbocycles.